The van der Waals surface area contributed by atoms with Gasteiger partial charge in [0.15, 0.2) is 0 Å². The van der Waals surface area contributed by atoms with Crippen molar-refractivity contribution in [3.63, 3.8) is 0 Å². The summed E-state index contributed by atoms with van der Waals surface area (Å²) in [5.74, 6) is 0.0441. The zero-order valence-electron chi connectivity index (χ0n) is 15.7. The van der Waals surface area contributed by atoms with E-state index in [-0.39, 0.29) is 17.9 Å². The van der Waals surface area contributed by atoms with E-state index in [1.807, 2.05) is 0 Å². The number of hydrogen-bond donors (Lipinski definition) is 1. The summed E-state index contributed by atoms with van der Waals surface area (Å²) >= 11 is 15.5. The number of amides is 1. The number of rotatable bonds is 7. The lowest BCUT2D eigenvalue weighted by molar-refractivity contribution is -0.384. The van der Waals surface area contributed by atoms with Crippen LogP contribution < -0.4 is 10.2 Å². The minimum Gasteiger partial charge on any atom is -0.488 e. The third-order valence-corrected chi connectivity index (χ3v) is 5.26. The van der Waals surface area contributed by atoms with Crippen LogP contribution in [0.3, 0.4) is 0 Å². The van der Waals surface area contributed by atoms with E-state index in [9.17, 15) is 14.9 Å². The van der Waals surface area contributed by atoms with Gasteiger partial charge in [-0.05, 0) is 57.9 Å². The smallest absolute Gasteiger partial charge is 0.271 e. The van der Waals surface area contributed by atoms with Crippen molar-refractivity contribution in [1.82, 2.24) is 5.43 Å². The highest BCUT2D eigenvalue weighted by molar-refractivity contribution is 9.10. The number of carbonyl (C=O) groups excluding carboxylic acids is 1. The number of ether oxygens (including phenoxy) is 1. The van der Waals surface area contributed by atoms with E-state index in [1.165, 1.54) is 30.5 Å². The molecule has 0 aliphatic heterocycles. The second-order valence-corrected chi connectivity index (χ2v) is 7.92. The summed E-state index contributed by atoms with van der Waals surface area (Å²) in [7, 11) is 0. The molecule has 0 saturated heterocycles. The molecule has 0 spiro atoms. The molecule has 1 amide bonds. The number of nitro groups is 1. The fourth-order valence-electron chi connectivity index (χ4n) is 2.50. The molecule has 0 radical (unpaired) electrons. The number of hydrazone groups is 1. The number of nitro benzene ring substituents is 1. The molecule has 0 unspecified atom stereocenters. The fraction of sp³-hybridized carbons (Fsp3) is 0.0476. The third-order valence-electron chi connectivity index (χ3n) is 4.05. The van der Waals surface area contributed by atoms with Crippen molar-refractivity contribution in [2.24, 2.45) is 5.10 Å². The second-order valence-electron chi connectivity index (χ2n) is 6.22. The lowest BCUT2D eigenvalue weighted by Gasteiger charge is -2.10. The molecule has 0 aliphatic carbocycles. The molecule has 0 aliphatic rings. The molecule has 0 atom stereocenters. The van der Waals surface area contributed by atoms with Gasteiger partial charge in [-0.3, -0.25) is 14.9 Å². The summed E-state index contributed by atoms with van der Waals surface area (Å²) in [5.41, 5.74) is 3.80. The summed E-state index contributed by atoms with van der Waals surface area (Å²) in [4.78, 5) is 22.3. The van der Waals surface area contributed by atoms with Crippen molar-refractivity contribution in [2.45, 2.75) is 6.61 Å². The molecule has 0 saturated carbocycles. The number of hydrogen-bond acceptors (Lipinski definition) is 5. The average Bonchev–Trinajstić information content (AvgIpc) is 2.74. The number of carbonyl (C=O) groups is 1. The lowest BCUT2D eigenvalue weighted by atomic mass is 10.2. The van der Waals surface area contributed by atoms with Crippen LogP contribution in [0.15, 0.2) is 70.2 Å². The summed E-state index contributed by atoms with van der Waals surface area (Å²) in [5, 5.41) is 15.8. The van der Waals surface area contributed by atoms with Gasteiger partial charge < -0.3 is 4.74 Å². The van der Waals surface area contributed by atoms with Crippen LogP contribution in [0.4, 0.5) is 5.69 Å². The zero-order valence-corrected chi connectivity index (χ0v) is 18.8. The van der Waals surface area contributed by atoms with E-state index >= 15 is 0 Å². The molecule has 0 bridgehead atoms. The van der Waals surface area contributed by atoms with Crippen LogP contribution in [0, 0.1) is 10.1 Å². The average molecular weight is 523 g/mol. The van der Waals surface area contributed by atoms with E-state index < -0.39 is 10.8 Å². The zero-order chi connectivity index (χ0) is 22.4. The molecule has 158 valence electrons. The van der Waals surface area contributed by atoms with Crippen LogP contribution in [0.2, 0.25) is 10.0 Å². The van der Waals surface area contributed by atoms with Crippen molar-refractivity contribution < 1.29 is 14.5 Å². The van der Waals surface area contributed by atoms with Crippen molar-refractivity contribution in [1.29, 1.82) is 0 Å². The number of benzene rings is 3. The molecule has 0 aromatic heterocycles. The maximum absolute atomic E-state index is 12.1. The molecular formula is C21H14BrCl2N3O4. The predicted octanol–water partition coefficient (Wildman–Crippen LogP) is 6.01. The number of halogens is 3. The van der Waals surface area contributed by atoms with Crippen molar-refractivity contribution >= 4 is 56.9 Å². The van der Waals surface area contributed by atoms with Gasteiger partial charge in [-0.2, -0.15) is 5.10 Å². The van der Waals surface area contributed by atoms with Crippen LogP contribution in [-0.2, 0) is 6.61 Å². The maximum atomic E-state index is 12.1. The van der Waals surface area contributed by atoms with Gasteiger partial charge in [-0.25, -0.2) is 5.43 Å². The third kappa shape index (κ3) is 6.27. The van der Waals surface area contributed by atoms with Crippen molar-refractivity contribution in [2.75, 3.05) is 0 Å². The Hall–Kier alpha value is -2.94. The Morgan fingerprint density at radius 1 is 1.16 bits per heavy atom. The summed E-state index contributed by atoms with van der Waals surface area (Å²) in [6.45, 7) is 0.265. The Kier molecular flexibility index (Phi) is 7.62. The van der Waals surface area contributed by atoms with Crippen LogP contribution in [0.25, 0.3) is 0 Å². The first-order valence-electron chi connectivity index (χ1n) is 8.77. The molecule has 10 heteroatoms. The summed E-state index contributed by atoms with van der Waals surface area (Å²) in [6.07, 6.45) is 1.44. The van der Waals surface area contributed by atoms with E-state index in [0.717, 1.165) is 5.56 Å². The van der Waals surface area contributed by atoms with Crippen molar-refractivity contribution in [3.8, 4) is 5.75 Å². The molecule has 7 nitrogen and oxygen atoms in total. The standard InChI is InChI=1S/C21H14BrCl2N3O4/c22-18-8-13(4-7-20(18)31-12-15-5-6-16(23)10-19(15)24)11-25-26-21(28)14-2-1-3-17(9-14)27(29)30/h1-11H,12H2,(H,26,28)/b25-11+. The van der Waals surface area contributed by atoms with E-state index in [4.69, 9.17) is 27.9 Å². The first-order chi connectivity index (χ1) is 14.8. The van der Waals surface area contributed by atoms with Crippen LogP contribution in [-0.4, -0.2) is 17.0 Å². The molecule has 3 rings (SSSR count). The normalized spacial score (nSPS) is 10.8. The minimum absolute atomic E-state index is 0.136. The number of nitrogens with zero attached hydrogens (tertiary/aromatic N) is 2. The molecule has 3 aromatic carbocycles. The van der Waals surface area contributed by atoms with Gasteiger partial charge in [0.1, 0.15) is 12.4 Å². The molecule has 0 fully saturated rings. The van der Waals surface area contributed by atoms with E-state index in [1.54, 1.807) is 36.4 Å². The Morgan fingerprint density at radius 2 is 1.97 bits per heavy atom. The molecule has 3 aromatic rings. The molecule has 31 heavy (non-hydrogen) atoms. The SMILES string of the molecule is O=C(N/N=C/c1ccc(OCc2ccc(Cl)cc2Cl)c(Br)c1)c1cccc([N+](=O)[O-])c1. The highest BCUT2D eigenvalue weighted by Crippen LogP contribution is 2.28. The summed E-state index contributed by atoms with van der Waals surface area (Å²) in [6, 6.07) is 15.8. The first-order valence-corrected chi connectivity index (χ1v) is 10.3. The quantitative estimate of drug-likeness (QED) is 0.233. The van der Waals surface area contributed by atoms with Gasteiger partial charge in [0.2, 0.25) is 0 Å². The molecule has 0 heterocycles. The van der Waals surface area contributed by atoms with Crippen molar-refractivity contribution in [3.05, 3.63) is 102 Å². The Bertz CT molecular complexity index is 1170. The number of nitrogens with one attached hydrogen (secondary N) is 1. The number of non-ortho nitro benzene ring substituents is 1. The van der Waals surface area contributed by atoms with Gasteiger partial charge in [0.25, 0.3) is 11.6 Å². The van der Waals surface area contributed by atoms with Gasteiger partial charge in [-0.15, -0.1) is 0 Å². The molecule has 1 N–H and O–H groups in total. The fourth-order valence-corrected chi connectivity index (χ4v) is 3.47. The van der Waals surface area contributed by atoms with Crippen LogP contribution in [0.5, 0.6) is 5.75 Å². The first kappa shape index (κ1) is 22.7. The lowest BCUT2D eigenvalue weighted by Crippen LogP contribution is -2.17. The van der Waals surface area contributed by atoms with E-state index in [0.29, 0.717) is 25.8 Å². The van der Waals surface area contributed by atoms with Gasteiger partial charge in [0.05, 0.1) is 15.6 Å². The van der Waals surface area contributed by atoms with E-state index in [2.05, 4.69) is 26.5 Å². The minimum atomic E-state index is -0.567. The Morgan fingerprint density at radius 3 is 2.68 bits per heavy atom. The summed E-state index contributed by atoms with van der Waals surface area (Å²) < 4.78 is 6.47. The largest absolute Gasteiger partial charge is 0.488 e. The monoisotopic (exact) mass is 521 g/mol. The predicted molar refractivity (Wildman–Crippen MR) is 123 cm³/mol. The maximum Gasteiger partial charge on any atom is 0.271 e. The van der Waals surface area contributed by atoms with Crippen LogP contribution in [0.1, 0.15) is 21.5 Å². The Labute approximate surface area is 195 Å². The highest BCUT2D eigenvalue weighted by atomic mass is 79.9. The Balaban J connectivity index is 1.60. The highest BCUT2D eigenvalue weighted by Gasteiger charge is 2.11. The van der Waals surface area contributed by atoms with Gasteiger partial charge in [-0.1, -0.05) is 35.3 Å². The van der Waals surface area contributed by atoms with Gasteiger partial charge in [0, 0.05) is 33.3 Å². The van der Waals surface area contributed by atoms with Crippen LogP contribution >= 0.6 is 39.1 Å². The second kappa shape index (κ2) is 10.4. The molecular weight excluding hydrogens is 509 g/mol. The van der Waals surface area contributed by atoms with Gasteiger partial charge >= 0.3 is 0 Å². The topological polar surface area (TPSA) is 93.8 Å².